The van der Waals surface area contributed by atoms with Gasteiger partial charge in [-0.25, -0.2) is 9.59 Å². The minimum atomic E-state index is -2.75. The molecular formula is C61H108ClN13O18. The van der Waals surface area contributed by atoms with Gasteiger partial charge < -0.3 is 101 Å². The fourth-order valence-corrected chi connectivity index (χ4v) is 9.97. The van der Waals surface area contributed by atoms with Crippen molar-refractivity contribution < 1.29 is 87.8 Å². The molecule has 93 heavy (non-hydrogen) atoms. The summed E-state index contributed by atoms with van der Waals surface area (Å²) in [5, 5.41) is 76.6. The lowest BCUT2D eigenvalue weighted by molar-refractivity contribution is -0.153. The first-order chi connectivity index (χ1) is 44.3. The van der Waals surface area contributed by atoms with Gasteiger partial charge in [-0.05, 0) is 78.4 Å². The summed E-state index contributed by atoms with van der Waals surface area (Å²) in [6, 6.07) is -15.6. The summed E-state index contributed by atoms with van der Waals surface area (Å²) in [4.78, 5) is 167. The Bertz CT molecular complexity index is 2380. The maximum atomic E-state index is 14.6. The van der Waals surface area contributed by atoms with E-state index in [1.807, 2.05) is 0 Å². The van der Waals surface area contributed by atoms with Gasteiger partial charge in [-0.3, -0.25) is 47.9 Å². The second kappa shape index (κ2) is 49.0. The average molecular weight is 1350 g/mol. The number of amides is 10. The number of allylic oxidation sites excluding steroid dienone is 1. The molecule has 532 valence electrons. The number of halogens is 1. The Labute approximate surface area is 550 Å². The van der Waals surface area contributed by atoms with Crippen LogP contribution in [0.25, 0.3) is 0 Å². The Balaban J connectivity index is 4.10. The van der Waals surface area contributed by atoms with Crippen LogP contribution in [0.3, 0.4) is 0 Å². The molecule has 0 aliphatic carbocycles. The molecule has 1 heterocycles. The minimum Gasteiger partial charge on any atom is -0.479 e. The van der Waals surface area contributed by atoms with E-state index in [-0.39, 0.29) is 58.3 Å². The second-order valence-electron chi connectivity index (χ2n) is 23.3. The smallest absolute Gasteiger partial charge is 0.335 e. The number of rotatable bonds is 37. The lowest BCUT2D eigenvalue weighted by Gasteiger charge is -2.29. The number of carbonyl (C=O) groups is 12. The summed E-state index contributed by atoms with van der Waals surface area (Å²) in [6.07, 6.45) is 7.83. The van der Waals surface area contributed by atoms with Crippen molar-refractivity contribution >= 4 is 82.6 Å². The highest BCUT2D eigenvalue weighted by molar-refractivity contribution is 6.18. The van der Waals surface area contributed by atoms with E-state index in [0.29, 0.717) is 12.8 Å². The summed E-state index contributed by atoms with van der Waals surface area (Å²) in [6.45, 7) is 5.01. The summed E-state index contributed by atoms with van der Waals surface area (Å²) < 4.78 is 5.43. The molecule has 0 aromatic rings. The number of aliphatic carboxylic acids is 1. The van der Waals surface area contributed by atoms with Crippen LogP contribution in [0.4, 0.5) is 0 Å². The Morgan fingerprint density at radius 2 is 1.05 bits per heavy atom. The zero-order valence-corrected chi connectivity index (χ0v) is 55.3. The van der Waals surface area contributed by atoms with Crippen LogP contribution < -0.4 is 70.4 Å². The number of carboxylic acids is 1. The highest BCUT2D eigenvalue weighted by Gasteiger charge is 2.40. The Morgan fingerprint density at radius 3 is 1.57 bits per heavy atom. The number of nitrogens with one attached hydrogen (secondary N) is 10. The number of ether oxygens (including phenoxy) is 1. The number of aliphatic hydroxyl groups excluding tert-OH is 4. The third-order valence-electron chi connectivity index (χ3n) is 15.3. The van der Waals surface area contributed by atoms with Crippen molar-refractivity contribution in [3.8, 4) is 0 Å². The predicted molar refractivity (Wildman–Crippen MR) is 343 cm³/mol. The van der Waals surface area contributed by atoms with Gasteiger partial charge in [0.25, 0.3) is 5.91 Å². The Morgan fingerprint density at radius 1 is 0.570 bits per heavy atom. The second-order valence-corrected chi connectivity index (χ2v) is 23.6. The molecule has 1 rings (SSSR count). The van der Waals surface area contributed by atoms with Crippen molar-refractivity contribution in [3.05, 3.63) is 11.8 Å². The number of unbranched alkanes of at least 4 members (excludes halogenated alkanes) is 16. The number of carboxylic acid groups (broad SMARTS) is 1. The molecule has 0 radical (unpaired) electrons. The van der Waals surface area contributed by atoms with E-state index in [4.69, 9.17) is 33.5 Å². The Hall–Kier alpha value is -6.61. The van der Waals surface area contributed by atoms with Crippen LogP contribution in [0.2, 0.25) is 0 Å². The van der Waals surface area contributed by atoms with Crippen molar-refractivity contribution in [3.63, 3.8) is 0 Å². The number of esters is 1. The van der Waals surface area contributed by atoms with Crippen LogP contribution in [0.1, 0.15) is 188 Å². The SMILES string of the molecule is C/C=C1/NC(=O)C([C@H](C)O)NC(=O)[C@H](CCN)NC(=O)C([C@H](O)C(=O)O)NC(=O)C(CCCCN)NC(=O)[C@H](CC(=O)NCCCCCCCCCC)NC(=O)C(CCN)NC(=O)C(NC(=O)C[C@H](O)CCCCCCCCCCC)COC(=O)C([C@H](O)CCl)NC1=O. The van der Waals surface area contributed by atoms with E-state index in [1.54, 1.807) is 0 Å². The summed E-state index contributed by atoms with van der Waals surface area (Å²) in [5.74, 6) is -16.2. The van der Waals surface area contributed by atoms with Crippen molar-refractivity contribution in [2.45, 2.75) is 261 Å². The fourth-order valence-electron chi connectivity index (χ4n) is 9.80. The summed E-state index contributed by atoms with van der Waals surface area (Å²) in [5.41, 5.74) is 16.8. The topological polar surface area (TPSA) is 514 Å². The highest BCUT2D eigenvalue weighted by Crippen LogP contribution is 2.15. The fraction of sp³-hybridized carbons (Fsp3) is 0.770. The van der Waals surface area contributed by atoms with E-state index >= 15 is 0 Å². The first-order valence-corrected chi connectivity index (χ1v) is 33.3. The summed E-state index contributed by atoms with van der Waals surface area (Å²) in [7, 11) is 0. The van der Waals surface area contributed by atoms with Crippen LogP contribution in [-0.2, 0) is 62.3 Å². The third-order valence-corrected chi connectivity index (χ3v) is 15.6. The lowest BCUT2D eigenvalue weighted by atomic mass is 10.0. The molecule has 1 saturated heterocycles. The van der Waals surface area contributed by atoms with Crippen LogP contribution in [0.5, 0.6) is 0 Å². The monoisotopic (exact) mass is 1350 g/mol. The molecule has 10 amide bonds. The van der Waals surface area contributed by atoms with Gasteiger partial charge in [0.05, 0.1) is 37.0 Å². The van der Waals surface area contributed by atoms with E-state index in [1.165, 1.54) is 6.92 Å². The molecule has 0 saturated carbocycles. The maximum Gasteiger partial charge on any atom is 0.335 e. The number of nitrogens with two attached hydrogens (primary N) is 3. The minimum absolute atomic E-state index is 0.0803. The number of aliphatic hydroxyl groups is 4. The van der Waals surface area contributed by atoms with Crippen LogP contribution in [0.15, 0.2) is 11.8 Å². The molecule has 0 aromatic carbocycles. The molecule has 1 fully saturated rings. The third kappa shape index (κ3) is 34.4. The van der Waals surface area contributed by atoms with Crippen molar-refractivity contribution in [2.75, 3.05) is 38.7 Å². The average Bonchev–Trinajstić information content (AvgIpc) is 1.37. The van der Waals surface area contributed by atoms with Crippen molar-refractivity contribution in [1.29, 1.82) is 0 Å². The Kier molecular flexibility index (Phi) is 44.5. The molecule has 32 heteroatoms. The van der Waals surface area contributed by atoms with Gasteiger partial charge >= 0.3 is 11.9 Å². The molecule has 1 aliphatic heterocycles. The van der Waals surface area contributed by atoms with E-state index in [9.17, 15) is 83.1 Å². The number of alkyl halides is 1. The van der Waals surface area contributed by atoms with E-state index in [0.717, 1.165) is 109 Å². The van der Waals surface area contributed by atoms with Gasteiger partial charge in [0.15, 0.2) is 12.1 Å². The van der Waals surface area contributed by atoms with Gasteiger partial charge in [0, 0.05) is 6.54 Å². The van der Waals surface area contributed by atoms with Crippen molar-refractivity contribution in [2.24, 2.45) is 17.2 Å². The number of cyclic esters (lactones) is 1. The first kappa shape index (κ1) is 84.4. The van der Waals surface area contributed by atoms with Gasteiger partial charge in [-0.2, -0.15) is 0 Å². The predicted octanol–water partition coefficient (Wildman–Crippen LogP) is -1.99. The molecule has 21 N–H and O–H groups in total. The zero-order chi connectivity index (χ0) is 69.8. The number of carbonyl (C=O) groups excluding carboxylic acids is 11. The zero-order valence-electron chi connectivity index (χ0n) is 54.6. The number of hydrogen-bond acceptors (Lipinski definition) is 20. The normalized spacial score (nSPS) is 23.1. The van der Waals surface area contributed by atoms with E-state index in [2.05, 4.69) is 67.0 Å². The maximum absolute atomic E-state index is 14.6. The molecule has 0 spiro atoms. The van der Waals surface area contributed by atoms with Gasteiger partial charge in [0.2, 0.25) is 53.2 Å². The van der Waals surface area contributed by atoms with Crippen LogP contribution in [0, 0.1) is 0 Å². The molecule has 0 bridgehead atoms. The molecule has 6 unspecified atom stereocenters. The van der Waals surface area contributed by atoms with Gasteiger partial charge in [-0.15, -0.1) is 11.6 Å². The van der Waals surface area contributed by atoms with Crippen molar-refractivity contribution in [1.82, 2.24) is 53.2 Å². The van der Waals surface area contributed by atoms with Crippen LogP contribution >= 0.6 is 11.6 Å². The van der Waals surface area contributed by atoms with E-state index < -0.39 is 181 Å². The first-order valence-electron chi connectivity index (χ1n) is 32.8. The lowest BCUT2D eigenvalue weighted by Crippen LogP contribution is -2.63. The molecule has 12 atom stereocenters. The largest absolute Gasteiger partial charge is 0.479 e. The molecule has 31 nitrogen and oxygen atoms in total. The molecule has 0 aromatic heterocycles. The summed E-state index contributed by atoms with van der Waals surface area (Å²) >= 11 is 5.96. The molecule has 1 aliphatic rings. The number of hydrogen-bond donors (Lipinski definition) is 18. The highest BCUT2D eigenvalue weighted by atomic mass is 35.5. The quantitative estimate of drug-likeness (QED) is 0.0139. The standard InChI is InChI=1S/C61H108ClN13O18/c1-5-8-10-12-14-16-17-19-21-25-38(77)33-47(80)67-44-36-93-61(92)49(45(78)35-62)74-52(82)39(7-3)68-58(88)48(37(4)76)73-55(85)42(28-31-65)71-59(89)50(51(81)60(90)91)75-54(84)40(26-22-23-29-63)69-56(86)43(72-53(83)41(27-30-64)70-57(44)87)34-46(79)66-32-24-20-18-15-13-11-9-6-2/h7,37-38,40-45,48-51,76-78,81H,5-6,8-36,63-65H2,1-4H3,(H,66,79)(H,67,80)(H,68,88)(H,69,86)(H,70,87)(H,71,89)(H,72,83)(H,73,85)(H,74,82)(H,75,84)(H,90,91)/b39-7+/t37-,38+,40?,41?,42-,43-,44?,45+,48?,49?,50?,51-/m0/s1. The van der Waals surface area contributed by atoms with Gasteiger partial charge in [-0.1, -0.05) is 123 Å². The molecular weight excluding hydrogens is 1240 g/mol. The van der Waals surface area contributed by atoms with Gasteiger partial charge in [0.1, 0.15) is 54.6 Å². The van der Waals surface area contributed by atoms with Crippen LogP contribution in [-0.4, -0.2) is 208 Å².